The molecule has 20 heteroatoms. The molecule has 3 fully saturated rings. The quantitative estimate of drug-likeness (QED) is 0.101. The summed E-state index contributed by atoms with van der Waals surface area (Å²) in [6.07, 6.45) is 2.01. The zero-order valence-corrected chi connectivity index (χ0v) is 40.8. The summed E-state index contributed by atoms with van der Waals surface area (Å²) in [6.45, 7) is 5.25. The molecule has 3 heterocycles. The van der Waals surface area contributed by atoms with Crippen molar-refractivity contribution in [2.45, 2.75) is 158 Å². The number of carbonyl (C=O) groups is 7. The first-order valence-corrected chi connectivity index (χ1v) is 24.9. The number of ether oxygens (including phenoxy) is 1. The van der Waals surface area contributed by atoms with Crippen LogP contribution in [0.1, 0.15) is 107 Å². The third-order valence-corrected chi connectivity index (χ3v) is 13.5. The van der Waals surface area contributed by atoms with Crippen LogP contribution in [0.3, 0.4) is 0 Å². The Bertz CT molecular complexity index is 2370. The predicted octanol–water partition coefficient (Wildman–Crippen LogP) is 0.956. The van der Waals surface area contributed by atoms with Gasteiger partial charge in [-0.15, -0.1) is 0 Å². The third-order valence-electron chi connectivity index (χ3n) is 13.5. The van der Waals surface area contributed by atoms with Crippen molar-refractivity contribution in [2.24, 2.45) is 11.5 Å². The standard InChI is InChI=1S/C51H71N9O11/c1-4-5-6-7-8-24-71-37-19-16-32-25-34(15-14-33(32)26-37)45(64)55-38-10-9-23-54-48(67)41-27-35(52)28-59(41)50(69)43(29(2)61)57-47(66)39(20-13-31-11-17-36(63)18-12-31)56-49(68)40-21-22-42(53)60(40)51(70)44(30(3)62)58-46(38)65/h11-12,14-19,25-26,29-30,35,38-44,61-63H,4-10,13,20-24,27-28,52-53H2,1-3H3,(H,54,67)(H,55,64)(H,56,68)(H,57,66)(H,58,65)/t29-,30+,35-,38-,39-,40-,41-,42+,43-,44-/m0/s1. The molecule has 10 atom stereocenters. The first-order valence-electron chi connectivity index (χ1n) is 24.9. The van der Waals surface area contributed by atoms with Crippen LogP contribution in [0.2, 0.25) is 0 Å². The molecule has 7 amide bonds. The second-order valence-electron chi connectivity index (χ2n) is 19.1. The summed E-state index contributed by atoms with van der Waals surface area (Å²) in [4.78, 5) is 101. The van der Waals surface area contributed by atoms with Crippen molar-refractivity contribution < 1.29 is 53.6 Å². The molecule has 3 aromatic carbocycles. The molecule has 3 aromatic rings. The lowest BCUT2D eigenvalue weighted by Gasteiger charge is -2.34. The highest BCUT2D eigenvalue weighted by atomic mass is 16.5. The number of rotatable bonds is 14. The number of nitrogens with two attached hydrogens (primary N) is 2. The summed E-state index contributed by atoms with van der Waals surface area (Å²) in [5, 5.41) is 46.8. The Balaban J connectivity index is 1.27. The molecule has 0 bridgehead atoms. The number of amides is 7. The van der Waals surface area contributed by atoms with Gasteiger partial charge in [-0.2, -0.15) is 0 Å². The lowest BCUT2D eigenvalue weighted by molar-refractivity contribution is -0.146. The molecule has 20 nitrogen and oxygen atoms in total. The van der Waals surface area contributed by atoms with E-state index >= 15 is 0 Å². The zero-order chi connectivity index (χ0) is 51.4. The number of aliphatic hydroxyl groups is 2. The van der Waals surface area contributed by atoms with Gasteiger partial charge in [-0.05, 0) is 118 Å². The van der Waals surface area contributed by atoms with E-state index in [0.717, 1.165) is 41.4 Å². The number of aliphatic hydroxyl groups excluding tert-OH is 2. The first kappa shape index (κ1) is 54.0. The highest BCUT2D eigenvalue weighted by Gasteiger charge is 2.46. The van der Waals surface area contributed by atoms with Crippen LogP contribution >= 0.6 is 0 Å². The van der Waals surface area contributed by atoms with Crippen molar-refractivity contribution in [3.63, 3.8) is 0 Å². The van der Waals surface area contributed by atoms with Crippen molar-refractivity contribution in [2.75, 3.05) is 19.7 Å². The molecular formula is C51H71N9O11. The Hall–Kier alpha value is -6.35. The summed E-state index contributed by atoms with van der Waals surface area (Å²) in [6, 6.07) is 7.96. The summed E-state index contributed by atoms with van der Waals surface area (Å²) >= 11 is 0. The van der Waals surface area contributed by atoms with Gasteiger partial charge in [0.25, 0.3) is 5.91 Å². The van der Waals surface area contributed by atoms with E-state index in [2.05, 4.69) is 33.5 Å². The fourth-order valence-electron chi connectivity index (χ4n) is 9.40. The number of phenolic OH excluding ortho intramolecular Hbond substituents is 1. The number of benzene rings is 3. The zero-order valence-electron chi connectivity index (χ0n) is 40.8. The fourth-order valence-corrected chi connectivity index (χ4v) is 9.40. The van der Waals surface area contributed by atoms with E-state index in [1.807, 2.05) is 18.2 Å². The average molecular weight is 986 g/mol. The Labute approximate surface area is 414 Å². The number of aromatic hydroxyl groups is 1. The number of fused-ring (bicyclic) bond motifs is 3. The maximum Gasteiger partial charge on any atom is 0.251 e. The Kier molecular flexibility index (Phi) is 19.1. The summed E-state index contributed by atoms with van der Waals surface area (Å²) in [5.74, 6) is -4.62. The van der Waals surface area contributed by atoms with Crippen molar-refractivity contribution in [3.8, 4) is 11.5 Å². The fraction of sp³-hybridized carbons (Fsp3) is 0.549. The van der Waals surface area contributed by atoms with Crippen LogP contribution in [0.15, 0.2) is 60.7 Å². The van der Waals surface area contributed by atoms with Crippen LogP contribution < -0.4 is 42.8 Å². The highest BCUT2D eigenvalue weighted by Crippen LogP contribution is 2.26. The summed E-state index contributed by atoms with van der Waals surface area (Å²) in [5.41, 5.74) is 13.7. The predicted molar refractivity (Wildman–Crippen MR) is 263 cm³/mol. The van der Waals surface area contributed by atoms with Gasteiger partial charge < -0.3 is 67.9 Å². The normalized spacial score (nSPS) is 26.0. The van der Waals surface area contributed by atoms with Gasteiger partial charge >= 0.3 is 0 Å². The Morgan fingerprint density at radius 2 is 1.45 bits per heavy atom. The van der Waals surface area contributed by atoms with E-state index in [0.29, 0.717) is 17.9 Å². The van der Waals surface area contributed by atoms with E-state index < -0.39 is 102 Å². The number of aryl methyl sites for hydroxylation is 1. The number of nitrogens with zero attached hydrogens (tertiary/aromatic N) is 2. The molecule has 71 heavy (non-hydrogen) atoms. The topological polar surface area (TPSA) is 308 Å². The number of nitrogens with one attached hydrogen (secondary N) is 5. The molecule has 386 valence electrons. The van der Waals surface area contributed by atoms with E-state index in [4.69, 9.17) is 16.2 Å². The van der Waals surface area contributed by atoms with Crippen LogP contribution in [0.4, 0.5) is 0 Å². The molecule has 0 radical (unpaired) electrons. The molecule has 0 spiro atoms. The van der Waals surface area contributed by atoms with Gasteiger partial charge in [0.05, 0.1) is 25.0 Å². The minimum absolute atomic E-state index is 0.0172. The minimum Gasteiger partial charge on any atom is -0.508 e. The monoisotopic (exact) mass is 986 g/mol. The average Bonchev–Trinajstić information content (AvgIpc) is 3.94. The summed E-state index contributed by atoms with van der Waals surface area (Å²) < 4.78 is 5.97. The third kappa shape index (κ3) is 14.2. The second-order valence-corrected chi connectivity index (χ2v) is 19.1. The molecule has 12 N–H and O–H groups in total. The molecule has 3 aliphatic rings. The SMILES string of the molecule is CCCCCCCOc1ccc2cc(C(=O)N[C@H]3CCCNC(=O)[C@@H]4C[C@H](N)CN4C(=O)[C@H]([C@H](C)O)NC(=O)[C@H](CCc4ccc(O)cc4)NC(=O)[C@@H]4CC[C@H](N)N4C(=O)[C@H]([C@@H](C)O)NC3=O)ccc2c1. The highest BCUT2D eigenvalue weighted by molar-refractivity contribution is 6.02. The van der Waals surface area contributed by atoms with Gasteiger partial charge in [0.2, 0.25) is 35.4 Å². The van der Waals surface area contributed by atoms with E-state index in [1.165, 1.54) is 37.3 Å². The van der Waals surface area contributed by atoms with E-state index in [9.17, 15) is 48.9 Å². The lowest BCUT2D eigenvalue weighted by atomic mass is 10.0. The van der Waals surface area contributed by atoms with Crippen molar-refractivity contribution in [1.29, 1.82) is 0 Å². The van der Waals surface area contributed by atoms with Crippen LogP contribution in [-0.4, -0.2) is 147 Å². The molecule has 6 rings (SSSR count). The van der Waals surface area contributed by atoms with Crippen LogP contribution in [0.25, 0.3) is 10.8 Å². The van der Waals surface area contributed by atoms with Gasteiger partial charge in [-0.1, -0.05) is 56.9 Å². The largest absolute Gasteiger partial charge is 0.508 e. The lowest BCUT2D eigenvalue weighted by Crippen LogP contribution is -2.63. The molecular weight excluding hydrogens is 915 g/mol. The van der Waals surface area contributed by atoms with Gasteiger partial charge in [-0.3, -0.25) is 33.6 Å². The maximum absolute atomic E-state index is 14.5. The van der Waals surface area contributed by atoms with E-state index in [1.54, 1.807) is 30.3 Å². The number of hydrogen-bond acceptors (Lipinski definition) is 13. The molecule has 3 aliphatic heterocycles. The van der Waals surface area contributed by atoms with Gasteiger partial charge in [0.1, 0.15) is 47.8 Å². The maximum atomic E-state index is 14.5. The van der Waals surface area contributed by atoms with Crippen molar-refractivity contribution in [1.82, 2.24) is 36.4 Å². The van der Waals surface area contributed by atoms with Gasteiger partial charge in [0.15, 0.2) is 0 Å². The number of carbonyl (C=O) groups excluding carboxylic acids is 7. The van der Waals surface area contributed by atoms with Crippen LogP contribution in [0.5, 0.6) is 11.5 Å². The van der Waals surface area contributed by atoms with Gasteiger partial charge in [0, 0.05) is 24.7 Å². The Morgan fingerprint density at radius 3 is 2.17 bits per heavy atom. The molecule has 3 saturated heterocycles. The van der Waals surface area contributed by atoms with Crippen LogP contribution in [-0.2, 0) is 35.2 Å². The Morgan fingerprint density at radius 1 is 0.775 bits per heavy atom. The first-order chi connectivity index (χ1) is 33.9. The van der Waals surface area contributed by atoms with Crippen molar-refractivity contribution in [3.05, 3.63) is 71.8 Å². The molecule has 0 saturated carbocycles. The van der Waals surface area contributed by atoms with Gasteiger partial charge in [-0.25, -0.2) is 0 Å². The number of unbranched alkanes of at least 4 members (excludes halogenated alkanes) is 4. The number of hydrogen-bond donors (Lipinski definition) is 10. The molecule has 0 aromatic heterocycles. The van der Waals surface area contributed by atoms with E-state index in [-0.39, 0.29) is 69.3 Å². The molecule has 0 unspecified atom stereocenters. The van der Waals surface area contributed by atoms with Crippen LogP contribution in [0, 0.1) is 0 Å². The summed E-state index contributed by atoms with van der Waals surface area (Å²) in [7, 11) is 0. The second kappa shape index (κ2) is 25.2. The van der Waals surface area contributed by atoms with Crippen molar-refractivity contribution >= 4 is 52.1 Å². The number of phenols is 1. The molecule has 0 aliphatic carbocycles. The minimum atomic E-state index is -1.65. The smallest absolute Gasteiger partial charge is 0.251 e.